The summed E-state index contributed by atoms with van der Waals surface area (Å²) in [5, 5.41) is 8.60. The molecule has 2 aromatic heterocycles. The molecule has 0 saturated carbocycles. The van der Waals surface area contributed by atoms with Crippen molar-refractivity contribution in [3.05, 3.63) is 36.0 Å². The van der Waals surface area contributed by atoms with Crippen LogP contribution in [-0.4, -0.2) is 34.4 Å². The van der Waals surface area contributed by atoms with Crippen LogP contribution >= 0.6 is 0 Å². The maximum absolute atomic E-state index is 12.5. The van der Waals surface area contributed by atoms with Gasteiger partial charge in [0.2, 0.25) is 5.91 Å². The highest BCUT2D eigenvalue weighted by molar-refractivity contribution is 6.09. The second-order valence-corrected chi connectivity index (χ2v) is 5.29. The molecule has 0 bridgehead atoms. The zero-order valence-electron chi connectivity index (χ0n) is 12.5. The lowest BCUT2D eigenvalue weighted by Gasteiger charge is -2.18. The van der Waals surface area contributed by atoms with Gasteiger partial charge < -0.3 is 19.6 Å². The van der Waals surface area contributed by atoms with Crippen molar-refractivity contribution < 1.29 is 23.3 Å². The minimum absolute atomic E-state index is 0.216. The van der Waals surface area contributed by atoms with Crippen molar-refractivity contribution in [3.63, 3.8) is 0 Å². The summed E-state index contributed by atoms with van der Waals surface area (Å²) < 4.78 is 10.0. The predicted molar refractivity (Wildman–Crippen MR) is 76.2 cm³/mol. The molecule has 1 atom stereocenters. The van der Waals surface area contributed by atoms with Crippen LogP contribution in [0.2, 0.25) is 0 Å². The van der Waals surface area contributed by atoms with Gasteiger partial charge in [-0.1, -0.05) is 5.16 Å². The van der Waals surface area contributed by atoms with Gasteiger partial charge in [-0.2, -0.15) is 0 Å². The Hall–Kier alpha value is -3.10. The molecule has 4 amide bonds. The average Bonchev–Trinajstić information content (AvgIpc) is 3.19. The van der Waals surface area contributed by atoms with Crippen molar-refractivity contribution in [1.29, 1.82) is 0 Å². The van der Waals surface area contributed by atoms with Crippen molar-refractivity contribution in [2.24, 2.45) is 0 Å². The summed E-state index contributed by atoms with van der Waals surface area (Å²) in [6.07, 6.45) is 1.41. The average molecular weight is 318 g/mol. The highest BCUT2D eigenvalue weighted by atomic mass is 16.5. The summed E-state index contributed by atoms with van der Waals surface area (Å²) >= 11 is 0. The van der Waals surface area contributed by atoms with Crippen molar-refractivity contribution in [3.8, 4) is 0 Å². The van der Waals surface area contributed by atoms with Gasteiger partial charge in [0.15, 0.2) is 11.4 Å². The number of aryl methyl sites for hydroxylation is 1. The number of aromatic nitrogens is 1. The fourth-order valence-electron chi connectivity index (χ4n) is 2.32. The number of hydrogen-bond acceptors (Lipinski definition) is 6. The Bertz CT molecular complexity index is 766. The lowest BCUT2D eigenvalue weighted by molar-refractivity contribution is -0.134. The molecule has 3 heterocycles. The molecule has 0 aliphatic carbocycles. The summed E-state index contributed by atoms with van der Waals surface area (Å²) in [4.78, 5) is 37.3. The zero-order valence-corrected chi connectivity index (χ0v) is 12.5. The summed E-state index contributed by atoms with van der Waals surface area (Å²) in [5.41, 5.74) is -1.33. The van der Waals surface area contributed by atoms with E-state index in [0.717, 1.165) is 4.90 Å². The summed E-state index contributed by atoms with van der Waals surface area (Å²) in [6, 6.07) is 4.05. The highest BCUT2D eigenvalue weighted by Crippen LogP contribution is 2.28. The van der Waals surface area contributed by atoms with Gasteiger partial charge in [0.25, 0.3) is 5.91 Å². The van der Waals surface area contributed by atoms with Gasteiger partial charge in [-0.25, -0.2) is 4.79 Å². The van der Waals surface area contributed by atoms with E-state index in [9.17, 15) is 14.4 Å². The van der Waals surface area contributed by atoms with Crippen LogP contribution in [0, 0.1) is 6.92 Å². The molecule has 0 radical (unpaired) electrons. The summed E-state index contributed by atoms with van der Waals surface area (Å²) in [7, 11) is 0. The van der Waals surface area contributed by atoms with E-state index in [0.29, 0.717) is 11.5 Å². The number of furan rings is 1. The molecular formula is C14H14N4O5. The first-order valence-electron chi connectivity index (χ1n) is 6.81. The number of rotatable bonds is 4. The molecule has 2 aromatic rings. The monoisotopic (exact) mass is 318 g/mol. The second kappa shape index (κ2) is 5.27. The molecule has 120 valence electrons. The van der Waals surface area contributed by atoms with Crippen LogP contribution < -0.4 is 10.6 Å². The van der Waals surface area contributed by atoms with Crippen LogP contribution in [0.25, 0.3) is 0 Å². The van der Waals surface area contributed by atoms with Gasteiger partial charge in [0.05, 0.1) is 6.26 Å². The van der Waals surface area contributed by atoms with Gasteiger partial charge in [-0.05, 0) is 26.0 Å². The van der Waals surface area contributed by atoms with Crippen LogP contribution in [0.15, 0.2) is 33.4 Å². The summed E-state index contributed by atoms with van der Waals surface area (Å²) in [5.74, 6) is -0.0886. The van der Waals surface area contributed by atoms with Crippen molar-refractivity contribution >= 4 is 23.7 Å². The van der Waals surface area contributed by atoms with Crippen molar-refractivity contribution in [2.45, 2.75) is 19.4 Å². The van der Waals surface area contributed by atoms with Gasteiger partial charge in [-0.15, -0.1) is 0 Å². The van der Waals surface area contributed by atoms with Crippen molar-refractivity contribution in [1.82, 2.24) is 15.4 Å². The number of anilines is 1. The SMILES string of the molecule is Cc1cc(NC(=O)CN2C(=O)NC(C)(c3ccco3)C2=O)no1. The first-order chi connectivity index (χ1) is 10.9. The Balaban J connectivity index is 1.72. The molecule has 1 aliphatic heterocycles. The lowest BCUT2D eigenvalue weighted by atomic mass is 9.99. The van der Waals surface area contributed by atoms with Crippen LogP contribution in [0.4, 0.5) is 10.6 Å². The molecule has 3 rings (SSSR count). The quantitative estimate of drug-likeness (QED) is 0.811. The van der Waals surface area contributed by atoms with Crippen LogP contribution in [0.5, 0.6) is 0 Å². The second-order valence-electron chi connectivity index (χ2n) is 5.29. The third-order valence-corrected chi connectivity index (χ3v) is 3.49. The number of urea groups is 1. The van der Waals surface area contributed by atoms with Crippen LogP contribution in [-0.2, 0) is 15.1 Å². The molecule has 0 spiro atoms. The minimum atomic E-state index is -1.33. The highest BCUT2D eigenvalue weighted by Gasteiger charge is 2.51. The first kappa shape index (κ1) is 14.8. The molecule has 2 N–H and O–H groups in total. The van der Waals surface area contributed by atoms with E-state index >= 15 is 0 Å². The van der Waals surface area contributed by atoms with Crippen LogP contribution in [0.3, 0.4) is 0 Å². The van der Waals surface area contributed by atoms with Gasteiger partial charge >= 0.3 is 6.03 Å². The van der Waals surface area contributed by atoms with Crippen LogP contribution in [0.1, 0.15) is 18.4 Å². The van der Waals surface area contributed by atoms with E-state index < -0.39 is 29.9 Å². The van der Waals surface area contributed by atoms with E-state index in [1.54, 1.807) is 19.1 Å². The van der Waals surface area contributed by atoms with Crippen molar-refractivity contribution in [2.75, 3.05) is 11.9 Å². The standard InChI is InChI=1S/C14H14N4O5/c1-8-6-10(17-23-8)15-11(19)7-18-12(20)14(2,16-13(18)21)9-4-3-5-22-9/h3-6H,7H2,1-2H3,(H,16,21)(H,15,17,19). The lowest BCUT2D eigenvalue weighted by Crippen LogP contribution is -2.41. The number of imide groups is 1. The molecule has 1 unspecified atom stereocenters. The molecule has 9 heteroatoms. The Morgan fingerprint density at radius 3 is 2.87 bits per heavy atom. The third-order valence-electron chi connectivity index (χ3n) is 3.49. The number of carbonyl (C=O) groups excluding carboxylic acids is 3. The van der Waals surface area contributed by atoms with Gasteiger partial charge in [0.1, 0.15) is 18.1 Å². The largest absolute Gasteiger partial charge is 0.466 e. The Morgan fingerprint density at radius 2 is 2.26 bits per heavy atom. The van der Waals surface area contributed by atoms with E-state index in [4.69, 9.17) is 8.94 Å². The Kier molecular flexibility index (Phi) is 3.40. The topological polar surface area (TPSA) is 118 Å². The zero-order chi connectivity index (χ0) is 16.6. The molecule has 9 nitrogen and oxygen atoms in total. The number of hydrogen-bond donors (Lipinski definition) is 2. The van der Waals surface area contributed by atoms with E-state index in [-0.39, 0.29) is 5.82 Å². The van der Waals surface area contributed by atoms with Gasteiger partial charge in [-0.3, -0.25) is 14.5 Å². The smallest absolute Gasteiger partial charge is 0.325 e. The number of amides is 4. The van der Waals surface area contributed by atoms with E-state index in [1.807, 2.05) is 0 Å². The van der Waals surface area contributed by atoms with E-state index in [1.165, 1.54) is 19.3 Å². The first-order valence-corrected chi connectivity index (χ1v) is 6.81. The number of carbonyl (C=O) groups is 3. The Morgan fingerprint density at radius 1 is 1.48 bits per heavy atom. The molecular weight excluding hydrogens is 304 g/mol. The van der Waals surface area contributed by atoms with E-state index in [2.05, 4.69) is 15.8 Å². The summed E-state index contributed by atoms with van der Waals surface area (Å²) in [6.45, 7) is 2.76. The molecule has 1 aliphatic rings. The maximum atomic E-state index is 12.5. The minimum Gasteiger partial charge on any atom is -0.466 e. The molecule has 1 saturated heterocycles. The Labute approximate surface area is 130 Å². The fourth-order valence-corrected chi connectivity index (χ4v) is 2.32. The molecule has 1 fully saturated rings. The fraction of sp³-hybridized carbons (Fsp3) is 0.286. The number of nitrogens with zero attached hydrogens (tertiary/aromatic N) is 2. The molecule has 0 aromatic carbocycles. The van der Waals surface area contributed by atoms with Gasteiger partial charge in [0, 0.05) is 6.07 Å². The maximum Gasteiger partial charge on any atom is 0.325 e. The third kappa shape index (κ3) is 2.56. The predicted octanol–water partition coefficient (Wildman–Crippen LogP) is 0.982. The normalized spacial score (nSPS) is 20.7. The number of nitrogens with one attached hydrogen (secondary N) is 2. The molecule has 23 heavy (non-hydrogen) atoms.